The van der Waals surface area contributed by atoms with Gasteiger partial charge in [0.25, 0.3) is 0 Å². The van der Waals surface area contributed by atoms with Crippen LogP contribution in [0.3, 0.4) is 0 Å². The molecule has 0 aromatic carbocycles. The molecule has 0 amide bonds. The Morgan fingerprint density at radius 3 is 2.81 bits per heavy atom. The summed E-state index contributed by atoms with van der Waals surface area (Å²) in [5.41, 5.74) is 0. The summed E-state index contributed by atoms with van der Waals surface area (Å²) in [5, 5.41) is 8.35. The molecular formula is C13H23NO2. The minimum absolute atomic E-state index is 0.482. The molecule has 1 atom stereocenters. The van der Waals surface area contributed by atoms with Crippen molar-refractivity contribution >= 4 is 0 Å². The van der Waals surface area contributed by atoms with Crippen LogP contribution < -0.4 is 0 Å². The zero-order valence-corrected chi connectivity index (χ0v) is 10.1. The summed E-state index contributed by atoms with van der Waals surface area (Å²) < 4.78 is 11.2. The largest absolute Gasteiger partial charge is 0.381 e. The van der Waals surface area contributed by atoms with Crippen molar-refractivity contribution in [2.75, 3.05) is 19.8 Å². The van der Waals surface area contributed by atoms with E-state index in [1.807, 2.05) is 0 Å². The fourth-order valence-corrected chi connectivity index (χ4v) is 1.96. The van der Waals surface area contributed by atoms with E-state index in [1.165, 1.54) is 19.3 Å². The van der Waals surface area contributed by atoms with Crippen molar-refractivity contribution in [3.63, 3.8) is 0 Å². The van der Waals surface area contributed by atoms with Gasteiger partial charge < -0.3 is 9.47 Å². The third kappa shape index (κ3) is 6.81. The zero-order valence-electron chi connectivity index (χ0n) is 10.1. The minimum Gasteiger partial charge on any atom is -0.381 e. The van der Waals surface area contributed by atoms with Crippen LogP contribution in [0.2, 0.25) is 0 Å². The van der Waals surface area contributed by atoms with E-state index >= 15 is 0 Å². The van der Waals surface area contributed by atoms with E-state index < -0.39 is 0 Å². The predicted molar refractivity (Wildman–Crippen MR) is 63.1 cm³/mol. The molecule has 1 rings (SSSR count). The Hall–Kier alpha value is -0.590. The zero-order chi connectivity index (χ0) is 11.5. The lowest BCUT2D eigenvalue weighted by Gasteiger charge is -2.22. The summed E-state index contributed by atoms with van der Waals surface area (Å²) in [6.07, 6.45) is 9.11. The number of hydrogen-bond acceptors (Lipinski definition) is 3. The van der Waals surface area contributed by atoms with E-state index in [0.29, 0.717) is 12.5 Å². The van der Waals surface area contributed by atoms with Gasteiger partial charge in [-0.25, -0.2) is 0 Å². The number of nitrogens with zero attached hydrogens (tertiary/aromatic N) is 1. The first-order valence-corrected chi connectivity index (χ1v) is 6.50. The first-order valence-electron chi connectivity index (χ1n) is 6.50. The standard InChI is InChI=1S/C13H23NO2/c14-9-3-1-4-10-15-11-6-8-13-7-2-5-12-16-13/h13H,1-8,10-12H2. The Morgan fingerprint density at radius 1 is 1.19 bits per heavy atom. The molecule has 0 bridgehead atoms. The van der Waals surface area contributed by atoms with E-state index in [1.54, 1.807) is 0 Å². The lowest BCUT2D eigenvalue weighted by atomic mass is 10.1. The van der Waals surface area contributed by atoms with Gasteiger partial charge in [0, 0.05) is 26.2 Å². The maximum atomic E-state index is 8.35. The van der Waals surface area contributed by atoms with Crippen LogP contribution in [-0.2, 0) is 9.47 Å². The third-order valence-corrected chi connectivity index (χ3v) is 2.92. The smallest absolute Gasteiger partial charge is 0.0621 e. The van der Waals surface area contributed by atoms with Crippen molar-refractivity contribution in [2.24, 2.45) is 0 Å². The van der Waals surface area contributed by atoms with E-state index in [4.69, 9.17) is 14.7 Å². The molecule has 92 valence electrons. The Bertz CT molecular complexity index is 195. The second kappa shape index (κ2) is 9.62. The van der Waals surface area contributed by atoms with Gasteiger partial charge in [-0.15, -0.1) is 0 Å². The summed E-state index contributed by atoms with van der Waals surface area (Å²) in [6, 6.07) is 2.14. The second-order valence-corrected chi connectivity index (χ2v) is 4.36. The maximum absolute atomic E-state index is 8.35. The summed E-state index contributed by atoms with van der Waals surface area (Å²) in [5.74, 6) is 0. The van der Waals surface area contributed by atoms with Crippen molar-refractivity contribution < 1.29 is 9.47 Å². The van der Waals surface area contributed by atoms with Crippen LogP contribution in [0.4, 0.5) is 0 Å². The molecule has 3 nitrogen and oxygen atoms in total. The molecule has 16 heavy (non-hydrogen) atoms. The summed E-state index contributed by atoms with van der Waals surface area (Å²) in [7, 11) is 0. The quantitative estimate of drug-likeness (QED) is 0.596. The number of nitriles is 1. The van der Waals surface area contributed by atoms with Crippen LogP contribution in [0.5, 0.6) is 0 Å². The molecular weight excluding hydrogens is 202 g/mol. The third-order valence-electron chi connectivity index (χ3n) is 2.92. The van der Waals surface area contributed by atoms with Gasteiger partial charge in [0.15, 0.2) is 0 Å². The summed E-state index contributed by atoms with van der Waals surface area (Å²) in [6.45, 7) is 2.58. The van der Waals surface area contributed by atoms with Crippen LogP contribution in [0.25, 0.3) is 0 Å². The van der Waals surface area contributed by atoms with Gasteiger partial charge in [0.2, 0.25) is 0 Å². The Morgan fingerprint density at radius 2 is 2.06 bits per heavy atom. The molecule has 1 aliphatic heterocycles. The van der Waals surface area contributed by atoms with E-state index in [0.717, 1.165) is 45.5 Å². The van der Waals surface area contributed by atoms with E-state index in [2.05, 4.69) is 6.07 Å². The average Bonchev–Trinajstić information content (AvgIpc) is 2.34. The van der Waals surface area contributed by atoms with Gasteiger partial charge in [0.05, 0.1) is 12.2 Å². The second-order valence-electron chi connectivity index (χ2n) is 4.36. The molecule has 1 fully saturated rings. The minimum atomic E-state index is 0.482. The molecule has 0 N–H and O–H groups in total. The summed E-state index contributed by atoms with van der Waals surface area (Å²) >= 11 is 0. The topological polar surface area (TPSA) is 42.2 Å². The fraction of sp³-hybridized carbons (Fsp3) is 0.923. The van der Waals surface area contributed by atoms with Crippen molar-refractivity contribution in [2.45, 2.75) is 57.5 Å². The summed E-state index contributed by atoms with van der Waals surface area (Å²) in [4.78, 5) is 0. The highest BCUT2D eigenvalue weighted by Crippen LogP contribution is 2.16. The molecule has 0 saturated carbocycles. The highest BCUT2D eigenvalue weighted by Gasteiger charge is 2.12. The lowest BCUT2D eigenvalue weighted by molar-refractivity contribution is 0.00454. The molecule has 0 radical (unpaired) electrons. The van der Waals surface area contributed by atoms with Gasteiger partial charge in [-0.05, 0) is 44.9 Å². The van der Waals surface area contributed by atoms with Gasteiger partial charge in [-0.3, -0.25) is 0 Å². The Kier molecular flexibility index (Phi) is 8.10. The molecule has 1 heterocycles. The molecule has 1 saturated heterocycles. The van der Waals surface area contributed by atoms with Crippen LogP contribution in [0.1, 0.15) is 51.4 Å². The molecule has 1 aliphatic rings. The van der Waals surface area contributed by atoms with Crippen LogP contribution in [0.15, 0.2) is 0 Å². The number of hydrogen-bond donors (Lipinski definition) is 0. The maximum Gasteiger partial charge on any atom is 0.0621 e. The van der Waals surface area contributed by atoms with Crippen LogP contribution in [-0.4, -0.2) is 25.9 Å². The van der Waals surface area contributed by atoms with Gasteiger partial charge in [-0.1, -0.05) is 0 Å². The molecule has 0 aromatic heterocycles. The SMILES string of the molecule is N#CCCCCOCCCC1CCCCO1. The fourth-order valence-electron chi connectivity index (χ4n) is 1.96. The van der Waals surface area contributed by atoms with Gasteiger partial charge in [0.1, 0.15) is 0 Å². The van der Waals surface area contributed by atoms with Crippen LogP contribution in [0, 0.1) is 11.3 Å². The van der Waals surface area contributed by atoms with Gasteiger partial charge >= 0.3 is 0 Å². The highest BCUT2D eigenvalue weighted by molar-refractivity contribution is 4.67. The normalized spacial score (nSPS) is 20.6. The number of unbranched alkanes of at least 4 members (excludes halogenated alkanes) is 2. The Balaban J connectivity index is 1.79. The van der Waals surface area contributed by atoms with Crippen LogP contribution >= 0.6 is 0 Å². The number of ether oxygens (including phenoxy) is 2. The first kappa shape index (κ1) is 13.5. The Labute approximate surface area is 98.7 Å². The van der Waals surface area contributed by atoms with Crippen molar-refractivity contribution in [1.29, 1.82) is 5.26 Å². The average molecular weight is 225 g/mol. The monoisotopic (exact) mass is 225 g/mol. The predicted octanol–water partition coefficient (Wildman–Crippen LogP) is 3.05. The first-order chi connectivity index (χ1) is 7.93. The van der Waals surface area contributed by atoms with Gasteiger partial charge in [-0.2, -0.15) is 5.26 Å². The molecule has 3 heteroatoms. The van der Waals surface area contributed by atoms with Crippen molar-refractivity contribution in [3.05, 3.63) is 0 Å². The molecule has 0 spiro atoms. The van der Waals surface area contributed by atoms with E-state index in [-0.39, 0.29) is 0 Å². The molecule has 0 aliphatic carbocycles. The van der Waals surface area contributed by atoms with Crippen molar-refractivity contribution in [1.82, 2.24) is 0 Å². The molecule has 0 aromatic rings. The highest BCUT2D eigenvalue weighted by atomic mass is 16.5. The van der Waals surface area contributed by atoms with E-state index in [9.17, 15) is 0 Å². The number of rotatable bonds is 8. The lowest BCUT2D eigenvalue weighted by Crippen LogP contribution is -2.19. The van der Waals surface area contributed by atoms with Crippen molar-refractivity contribution in [3.8, 4) is 6.07 Å². The molecule has 1 unspecified atom stereocenters.